The van der Waals surface area contributed by atoms with Gasteiger partial charge in [0.1, 0.15) is 0 Å². The fourth-order valence-electron chi connectivity index (χ4n) is 4.25. The van der Waals surface area contributed by atoms with Crippen LogP contribution >= 0.6 is 0 Å². The van der Waals surface area contributed by atoms with Gasteiger partial charge in [-0.05, 0) is 33.1 Å². The van der Waals surface area contributed by atoms with Crippen molar-refractivity contribution >= 4 is 5.91 Å². The molecule has 25 heavy (non-hydrogen) atoms. The lowest BCUT2D eigenvalue weighted by atomic mass is 9.98. The van der Waals surface area contributed by atoms with Gasteiger partial charge in [0.05, 0.1) is 17.9 Å². The lowest BCUT2D eigenvalue weighted by molar-refractivity contribution is -0.00704. The Morgan fingerprint density at radius 2 is 2.00 bits per heavy atom. The first-order valence-corrected chi connectivity index (χ1v) is 9.76. The largest absolute Gasteiger partial charge is 0.396 e. The quantitative estimate of drug-likeness (QED) is 0.801. The summed E-state index contributed by atoms with van der Waals surface area (Å²) in [4.78, 5) is 15.3. The maximum absolute atomic E-state index is 13.3. The molecule has 0 unspecified atom stereocenters. The monoisotopic (exact) mass is 349 g/mol. The van der Waals surface area contributed by atoms with E-state index in [1.807, 2.05) is 18.7 Å². The van der Waals surface area contributed by atoms with Crippen molar-refractivity contribution in [1.82, 2.24) is 15.1 Å². The molecule has 1 saturated carbocycles. The van der Waals surface area contributed by atoms with E-state index in [0.717, 1.165) is 30.5 Å². The van der Waals surface area contributed by atoms with Gasteiger partial charge in [0, 0.05) is 31.2 Å². The first-order chi connectivity index (χ1) is 12.1. The molecule has 1 amide bonds. The SMILES string of the molecule is C[C@@H]1Cc2c(C(=O)N(CCCO)C3CCCCCC3)n[nH]c2[C@H](C)O1. The van der Waals surface area contributed by atoms with Crippen molar-refractivity contribution in [2.45, 2.75) is 83.5 Å². The highest BCUT2D eigenvalue weighted by atomic mass is 16.5. The van der Waals surface area contributed by atoms with Crippen molar-refractivity contribution in [3.63, 3.8) is 0 Å². The topological polar surface area (TPSA) is 78.5 Å². The summed E-state index contributed by atoms with van der Waals surface area (Å²) < 4.78 is 5.83. The van der Waals surface area contributed by atoms with E-state index in [1.54, 1.807) is 0 Å². The van der Waals surface area contributed by atoms with E-state index < -0.39 is 0 Å². The van der Waals surface area contributed by atoms with Crippen LogP contribution in [0.3, 0.4) is 0 Å². The molecule has 0 spiro atoms. The number of carbonyl (C=O) groups is 1. The Labute approximate surface area is 149 Å². The molecule has 1 aromatic heterocycles. The van der Waals surface area contributed by atoms with Crippen molar-refractivity contribution in [2.24, 2.45) is 0 Å². The molecule has 0 radical (unpaired) electrons. The standard InChI is InChI=1S/C19H31N3O3/c1-13-12-16-17(14(2)25-13)20-21-18(16)19(24)22(10-7-11-23)15-8-5-3-4-6-9-15/h13-15,23H,3-12H2,1-2H3,(H,20,21)/t13-,14+/m1/s1. The molecule has 3 rings (SSSR count). The first-order valence-electron chi connectivity index (χ1n) is 9.76. The van der Waals surface area contributed by atoms with Crippen molar-refractivity contribution in [3.8, 4) is 0 Å². The van der Waals surface area contributed by atoms with Gasteiger partial charge in [-0.1, -0.05) is 25.7 Å². The fraction of sp³-hybridized carbons (Fsp3) is 0.789. The number of fused-ring (bicyclic) bond motifs is 1. The van der Waals surface area contributed by atoms with Crippen LogP contribution in [0.25, 0.3) is 0 Å². The summed E-state index contributed by atoms with van der Waals surface area (Å²) in [5.41, 5.74) is 2.50. The van der Waals surface area contributed by atoms with Gasteiger partial charge in [0.2, 0.25) is 0 Å². The molecule has 2 aliphatic rings. The summed E-state index contributed by atoms with van der Waals surface area (Å²) in [6.07, 6.45) is 8.33. The molecule has 0 aromatic carbocycles. The number of hydrogen-bond donors (Lipinski definition) is 2. The number of aliphatic hydroxyl groups is 1. The van der Waals surface area contributed by atoms with E-state index >= 15 is 0 Å². The molecule has 140 valence electrons. The molecule has 6 heteroatoms. The molecule has 2 heterocycles. The minimum absolute atomic E-state index is 0.0131. The predicted molar refractivity (Wildman–Crippen MR) is 95.5 cm³/mol. The summed E-state index contributed by atoms with van der Waals surface area (Å²) in [6, 6.07) is 0.267. The zero-order valence-electron chi connectivity index (χ0n) is 15.5. The van der Waals surface area contributed by atoms with Crippen LogP contribution in [0.4, 0.5) is 0 Å². The highest BCUT2D eigenvalue weighted by Crippen LogP contribution is 2.31. The predicted octanol–water partition coefficient (Wildman–Crippen LogP) is 2.98. The fourth-order valence-corrected chi connectivity index (χ4v) is 4.25. The number of ether oxygens (including phenoxy) is 1. The Bertz CT molecular complexity index is 578. The summed E-state index contributed by atoms with van der Waals surface area (Å²) in [5, 5.41) is 16.7. The Morgan fingerprint density at radius 3 is 2.68 bits per heavy atom. The maximum Gasteiger partial charge on any atom is 0.274 e. The minimum Gasteiger partial charge on any atom is -0.396 e. The van der Waals surface area contributed by atoms with Crippen LogP contribution in [0.2, 0.25) is 0 Å². The number of aromatic nitrogens is 2. The number of nitrogens with one attached hydrogen (secondary N) is 1. The third-order valence-electron chi connectivity index (χ3n) is 5.52. The second-order valence-electron chi connectivity index (χ2n) is 7.48. The van der Waals surface area contributed by atoms with E-state index in [4.69, 9.17) is 4.74 Å². The van der Waals surface area contributed by atoms with Gasteiger partial charge >= 0.3 is 0 Å². The van der Waals surface area contributed by atoms with Crippen molar-refractivity contribution < 1.29 is 14.6 Å². The number of H-pyrrole nitrogens is 1. The second-order valence-corrected chi connectivity index (χ2v) is 7.48. The lowest BCUT2D eigenvalue weighted by Gasteiger charge is -2.31. The Balaban J connectivity index is 1.84. The van der Waals surface area contributed by atoms with E-state index in [9.17, 15) is 9.90 Å². The van der Waals surface area contributed by atoms with E-state index in [2.05, 4.69) is 10.2 Å². The molecule has 1 aromatic rings. The molecule has 0 saturated heterocycles. The number of carbonyl (C=O) groups excluding carboxylic acids is 1. The zero-order chi connectivity index (χ0) is 17.8. The molecule has 2 atom stereocenters. The van der Waals surface area contributed by atoms with Gasteiger partial charge in [0.25, 0.3) is 5.91 Å². The summed E-state index contributed by atoms with van der Waals surface area (Å²) in [5.74, 6) is 0.0131. The molecule has 0 bridgehead atoms. The minimum atomic E-state index is -0.0587. The highest BCUT2D eigenvalue weighted by Gasteiger charge is 2.33. The Morgan fingerprint density at radius 1 is 1.28 bits per heavy atom. The summed E-state index contributed by atoms with van der Waals surface area (Å²) >= 11 is 0. The van der Waals surface area contributed by atoms with E-state index in [-0.39, 0.29) is 30.8 Å². The molecular formula is C19H31N3O3. The number of rotatable bonds is 5. The van der Waals surface area contributed by atoms with Crippen LogP contribution in [0.1, 0.15) is 86.6 Å². The zero-order valence-corrected chi connectivity index (χ0v) is 15.5. The van der Waals surface area contributed by atoms with Gasteiger partial charge < -0.3 is 14.7 Å². The van der Waals surface area contributed by atoms with Crippen LogP contribution < -0.4 is 0 Å². The molecule has 1 aliphatic heterocycles. The van der Waals surface area contributed by atoms with Gasteiger partial charge in [-0.25, -0.2) is 0 Å². The Kier molecular flexibility index (Phi) is 6.12. The average Bonchev–Trinajstić information content (AvgIpc) is 2.83. The smallest absolute Gasteiger partial charge is 0.274 e. The van der Waals surface area contributed by atoms with Crippen LogP contribution in [-0.2, 0) is 11.2 Å². The van der Waals surface area contributed by atoms with Crippen LogP contribution in [0, 0.1) is 0 Å². The third kappa shape index (κ3) is 4.06. The molecule has 1 aliphatic carbocycles. The van der Waals surface area contributed by atoms with Gasteiger partial charge in [-0.15, -0.1) is 0 Å². The van der Waals surface area contributed by atoms with Gasteiger partial charge in [-0.2, -0.15) is 5.10 Å². The van der Waals surface area contributed by atoms with E-state index in [1.165, 1.54) is 25.7 Å². The van der Waals surface area contributed by atoms with Crippen LogP contribution in [0.5, 0.6) is 0 Å². The number of hydrogen-bond acceptors (Lipinski definition) is 4. The van der Waals surface area contributed by atoms with Crippen molar-refractivity contribution in [3.05, 3.63) is 17.0 Å². The van der Waals surface area contributed by atoms with Crippen molar-refractivity contribution in [2.75, 3.05) is 13.2 Å². The van der Waals surface area contributed by atoms with Crippen molar-refractivity contribution in [1.29, 1.82) is 0 Å². The molecule has 2 N–H and O–H groups in total. The number of nitrogens with zero attached hydrogens (tertiary/aromatic N) is 2. The third-order valence-corrected chi connectivity index (χ3v) is 5.52. The summed E-state index contributed by atoms with van der Waals surface area (Å²) in [7, 11) is 0. The maximum atomic E-state index is 13.3. The van der Waals surface area contributed by atoms with E-state index in [0.29, 0.717) is 18.7 Å². The number of aromatic amines is 1. The van der Waals surface area contributed by atoms with Crippen LogP contribution in [0.15, 0.2) is 0 Å². The first kappa shape index (κ1) is 18.4. The summed E-state index contributed by atoms with van der Waals surface area (Å²) in [6.45, 7) is 4.74. The van der Waals surface area contributed by atoms with Crippen LogP contribution in [-0.4, -0.2) is 51.4 Å². The average molecular weight is 349 g/mol. The van der Waals surface area contributed by atoms with Gasteiger partial charge in [-0.3, -0.25) is 9.89 Å². The molecule has 1 fully saturated rings. The van der Waals surface area contributed by atoms with Gasteiger partial charge in [0.15, 0.2) is 5.69 Å². The number of aliphatic hydroxyl groups excluding tert-OH is 1. The number of amides is 1. The molecular weight excluding hydrogens is 318 g/mol. The highest BCUT2D eigenvalue weighted by molar-refractivity contribution is 5.94. The second kappa shape index (κ2) is 8.32. The Hall–Kier alpha value is -1.40. The normalized spacial score (nSPS) is 24.6. The molecule has 6 nitrogen and oxygen atoms in total. The lowest BCUT2D eigenvalue weighted by Crippen LogP contribution is -2.42.